The Morgan fingerprint density at radius 2 is 1.00 bits per heavy atom. The van der Waals surface area contributed by atoms with Crippen LogP contribution in [0.4, 0.5) is 17.6 Å². The number of H-pyrrole nitrogens is 2. The van der Waals surface area contributed by atoms with E-state index in [0.29, 0.717) is 33.2 Å². The molecule has 0 fully saturated rings. The molecule has 0 aliphatic rings. The molecule has 0 unspecified atom stereocenters. The third-order valence-electron chi connectivity index (χ3n) is 9.28. The Morgan fingerprint density at radius 1 is 0.643 bits per heavy atom. The molecule has 13 nitrogen and oxygen atoms in total. The molecule has 2 atom stereocenters. The Labute approximate surface area is 320 Å². The monoisotopic (exact) mass is 782 g/mol. The average molecular weight is 783 g/mol. The standard InChI is InChI=1S/2C19H20F2N4O2.CH4.H2O/c2*1-19(2,3)10(5-16(26)27)4-15-14(21)9-24-18(25-15)13-8-23-17-12(13)6-11(20)7-22-17;;/h2*6-10H,4-5H2,1-3H3,(H,22,23)(H,26,27);1H4;1H2/t2*10-;;/m11../s1. The number of fused-ring (bicyclic) bond motifs is 2. The smallest absolute Gasteiger partial charge is 0.303 e. The second-order valence-electron chi connectivity index (χ2n) is 15.2. The van der Waals surface area contributed by atoms with Crippen LogP contribution in [-0.2, 0) is 22.4 Å². The predicted molar refractivity (Wildman–Crippen MR) is 202 cm³/mol. The Hall–Kier alpha value is -5.84. The van der Waals surface area contributed by atoms with Gasteiger partial charge in [0.2, 0.25) is 0 Å². The highest BCUT2D eigenvalue weighted by Crippen LogP contribution is 2.34. The average Bonchev–Trinajstić information content (AvgIpc) is 3.69. The maximum Gasteiger partial charge on any atom is 0.303 e. The molecular formula is C39H46F4N8O5. The fourth-order valence-corrected chi connectivity index (χ4v) is 5.93. The van der Waals surface area contributed by atoms with Crippen molar-refractivity contribution in [3.63, 3.8) is 0 Å². The van der Waals surface area contributed by atoms with Gasteiger partial charge in [-0.1, -0.05) is 49.0 Å². The number of aromatic amines is 2. The first-order valence-corrected chi connectivity index (χ1v) is 17.0. The van der Waals surface area contributed by atoms with Crippen molar-refractivity contribution in [2.75, 3.05) is 0 Å². The Balaban J connectivity index is 0.000000290. The molecule has 0 amide bonds. The molecule has 6 N–H and O–H groups in total. The zero-order chi connectivity index (χ0) is 39.5. The molecular weight excluding hydrogens is 736 g/mol. The van der Waals surface area contributed by atoms with E-state index in [1.54, 1.807) is 12.4 Å². The Bertz CT molecular complexity index is 2160. The maximum atomic E-state index is 14.3. The van der Waals surface area contributed by atoms with Gasteiger partial charge in [0, 0.05) is 47.1 Å². The molecule has 0 radical (unpaired) electrons. The van der Waals surface area contributed by atoms with Crippen LogP contribution in [-0.4, -0.2) is 67.5 Å². The summed E-state index contributed by atoms with van der Waals surface area (Å²) in [7, 11) is 0. The van der Waals surface area contributed by atoms with Crippen molar-refractivity contribution >= 4 is 34.0 Å². The fourth-order valence-electron chi connectivity index (χ4n) is 5.93. The summed E-state index contributed by atoms with van der Waals surface area (Å²) in [4.78, 5) is 52.8. The summed E-state index contributed by atoms with van der Waals surface area (Å²) in [6.07, 6.45) is 7.62. The van der Waals surface area contributed by atoms with E-state index >= 15 is 0 Å². The van der Waals surface area contributed by atoms with E-state index in [9.17, 15) is 37.4 Å². The van der Waals surface area contributed by atoms with Crippen LogP contribution in [0.25, 0.3) is 44.8 Å². The van der Waals surface area contributed by atoms with Gasteiger partial charge in [0.05, 0.1) is 36.2 Å². The molecule has 56 heavy (non-hydrogen) atoms. The van der Waals surface area contributed by atoms with E-state index in [0.717, 1.165) is 24.8 Å². The molecule has 0 bridgehead atoms. The van der Waals surface area contributed by atoms with Crippen molar-refractivity contribution in [2.24, 2.45) is 22.7 Å². The first-order valence-electron chi connectivity index (χ1n) is 17.0. The van der Waals surface area contributed by atoms with Crippen LogP contribution in [0.3, 0.4) is 0 Å². The van der Waals surface area contributed by atoms with E-state index in [2.05, 4.69) is 39.9 Å². The summed E-state index contributed by atoms with van der Waals surface area (Å²) in [6, 6.07) is 2.62. The van der Waals surface area contributed by atoms with Gasteiger partial charge < -0.3 is 25.7 Å². The molecule has 6 heterocycles. The minimum Gasteiger partial charge on any atom is -0.481 e. The maximum absolute atomic E-state index is 14.3. The molecule has 17 heteroatoms. The van der Waals surface area contributed by atoms with Crippen LogP contribution in [0.1, 0.15) is 73.2 Å². The number of carboxylic acids is 2. The summed E-state index contributed by atoms with van der Waals surface area (Å²) < 4.78 is 55.7. The normalized spacial score (nSPS) is 12.6. The summed E-state index contributed by atoms with van der Waals surface area (Å²) in [6.45, 7) is 11.5. The van der Waals surface area contributed by atoms with Gasteiger partial charge in [-0.15, -0.1) is 0 Å². The van der Waals surface area contributed by atoms with Gasteiger partial charge in [-0.25, -0.2) is 47.5 Å². The van der Waals surface area contributed by atoms with E-state index < -0.39 is 35.2 Å². The van der Waals surface area contributed by atoms with Gasteiger partial charge in [0.25, 0.3) is 0 Å². The van der Waals surface area contributed by atoms with Crippen LogP contribution in [0.5, 0.6) is 0 Å². The zero-order valence-corrected chi connectivity index (χ0v) is 31.0. The molecule has 0 spiro atoms. The molecule has 300 valence electrons. The van der Waals surface area contributed by atoms with Crippen molar-refractivity contribution in [3.8, 4) is 22.8 Å². The minimum absolute atomic E-state index is 0. The highest BCUT2D eigenvalue weighted by atomic mass is 19.1. The number of hydrogen-bond donors (Lipinski definition) is 4. The topological polar surface area (TPSA) is 215 Å². The second kappa shape index (κ2) is 17.7. The van der Waals surface area contributed by atoms with E-state index in [1.165, 1.54) is 12.1 Å². The number of carboxylic acid groups (broad SMARTS) is 2. The Morgan fingerprint density at radius 3 is 1.32 bits per heavy atom. The largest absolute Gasteiger partial charge is 0.481 e. The van der Waals surface area contributed by atoms with Crippen molar-refractivity contribution in [1.82, 2.24) is 39.9 Å². The highest BCUT2D eigenvalue weighted by Gasteiger charge is 2.30. The van der Waals surface area contributed by atoms with Gasteiger partial charge in [-0.2, -0.15) is 0 Å². The summed E-state index contributed by atoms with van der Waals surface area (Å²) >= 11 is 0. The number of aliphatic carboxylic acids is 2. The second-order valence-corrected chi connectivity index (χ2v) is 15.2. The first-order chi connectivity index (χ1) is 25.3. The van der Waals surface area contributed by atoms with Gasteiger partial charge in [-0.05, 0) is 47.6 Å². The third kappa shape index (κ3) is 10.7. The number of hydrogen-bond acceptors (Lipinski definition) is 8. The number of nitrogens with one attached hydrogen (secondary N) is 2. The van der Waals surface area contributed by atoms with E-state index in [-0.39, 0.29) is 84.3 Å². The molecule has 6 rings (SSSR count). The third-order valence-corrected chi connectivity index (χ3v) is 9.28. The lowest BCUT2D eigenvalue weighted by molar-refractivity contribution is -0.140. The molecule has 0 saturated heterocycles. The van der Waals surface area contributed by atoms with Gasteiger partial charge in [0.1, 0.15) is 22.9 Å². The number of carbonyl (C=O) groups is 2. The van der Waals surface area contributed by atoms with Crippen LogP contribution >= 0.6 is 0 Å². The van der Waals surface area contributed by atoms with Crippen LogP contribution in [0.15, 0.2) is 49.3 Å². The van der Waals surface area contributed by atoms with Crippen LogP contribution in [0.2, 0.25) is 0 Å². The molecule has 0 saturated carbocycles. The lowest BCUT2D eigenvalue weighted by Gasteiger charge is -2.29. The quantitative estimate of drug-likeness (QED) is 0.0991. The number of nitrogens with zero attached hydrogens (tertiary/aromatic N) is 6. The van der Waals surface area contributed by atoms with Crippen molar-refractivity contribution in [1.29, 1.82) is 0 Å². The van der Waals surface area contributed by atoms with Crippen LogP contribution in [0, 0.1) is 45.9 Å². The van der Waals surface area contributed by atoms with Gasteiger partial charge in [0.15, 0.2) is 23.3 Å². The number of aromatic nitrogens is 8. The van der Waals surface area contributed by atoms with E-state index in [1.807, 2.05) is 41.5 Å². The molecule has 6 aromatic rings. The van der Waals surface area contributed by atoms with Crippen LogP contribution < -0.4 is 0 Å². The van der Waals surface area contributed by atoms with Crippen molar-refractivity contribution in [2.45, 2.75) is 74.7 Å². The van der Waals surface area contributed by atoms with Crippen molar-refractivity contribution < 1.29 is 42.8 Å². The molecule has 6 aromatic heterocycles. The van der Waals surface area contributed by atoms with E-state index in [4.69, 9.17) is 0 Å². The molecule has 0 aliphatic heterocycles. The summed E-state index contributed by atoms with van der Waals surface area (Å²) in [5.74, 6) is -4.24. The molecule has 0 aromatic carbocycles. The fraction of sp³-hybridized carbons (Fsp3) is 0.385. The number of rotatable bonds is 10. The van der Waals surface area contributed by atoms with Crippen molar-refractivity contribution in [3.05, 3.63) is 84.0 Å². The predicted octanol–water partition coefficient (Wildman–Crippen LogP) is 7.77. The lowest BCUT2D eigenvalue weighted by atomic mass is 9.76. The summed E-state index contributed by atoms with van der Waals surface area (Å²) in [5, 5.41) is 19.3. The number of halogens is 4. The van der Waals surface area contributed by atoms with Gasteiger partial charge >= 0.3 is 11.9 Å². The summed E-state index contributed by atoms with van der Waals surface area (Å²) in [5.41, 5.74) is 1.54. The minimum atomic E-state index is -0.942. The first kappa shape index (κ1) is 44.6. The molecule has 0 aliphatic carbocycles. The van der Waals surface area contributed by atoms with Gasteiger partial charge in [-0.3, -0.25) is 9.59 Å². The number of pyridine rings is 2. The highest BCUT2D eigenvalue weighted by molar-refractivity contribution is 5.92. The Kier molecular flexibility index (Phi) is 14.1. The SMILES string of the molecule is C.CC(C)(C)[C@@H](CC(=O)O)Cc1nc(-c2c[nH]c3ncc(F)cc23)ncc1F.CC(C)(C)[C@@H](CC(=O)O)Cc1nc(-c2c[nH]c3ncc(F)cc23)ncc1F.O. The zero-order valence-electron chi connectivity index (χ0n) is 31.0. The lowest BCUT2D eigenvalue weighted by Crippen LogP contribution is -2.26.